The first kappa shape index (κ1) is 10.2. The molecule has 0 radical (unpaired) electrons. The summed E-state index contributed by atoms with van der Waals surface area (Å²) < 4.78 is 0. The lowest BCUT2D eigenvalue weighted by Gasteiger charge is -2.05. The molecule has 0 spiro atoms. The van der Waals surface area contributed by atoms with Gasteiger partial charge < -0.3 is 16.9 Å². The normalized spacial score (nSPS) is 11.6. The standard InChI is InChI=1S/C12H12N4/c13-6-9(7-14)8-1-2-12-10(5-8)11(15)3-4-16-12/h1-7,13H,14H2,(H2,15,16)/b9-7+,13-6?. The van der Waals surface area contributed by atoms with E-state index in [1.165, 1.54) is 12.4 Å². The Morgan fingerprint density at radius 1 is 1.31 bits per heavy atom. The van der Waals surface area contributed by atoms with Gasteiger partial charge in [-0.05, 0) is 23.8 Å². The topological polar surface area (TPSA) is 88.8 Å². The summed E-state index contributed by atoms with van der Waals surface area (Å²) in [6, 6.07) is 7.39. The summed E-state index contributed by atoms with van der Waals surface area (Å²) in [6.07, 6.45) is 4.29. The molecule has 16 heavy (non-hydrogen) atoms. The number of nitrogens with one attached hydrogen (secondary N) is 1. The van der Waals surface area contributed by atoms with Gasteiger partial charge in [0, 0.05) is 35.3 Å². The smallest absolute Gasteiger partial charge is 0.0723 e. The fourth-order valence-corrected chi connectivity index (χ4v) is 1.57. The summed E-state index contributed by atoms with van der Waals surface area (Å²) in [7, 11) is 0. The van der Waals surface area contributed by atoms with Crippen molar-refractivity contribution < 1.29 is 0 Å². The van der Waals surface area contributed by atoms with Crippen LogP contribution in [0.1, 0.15) is 5.56 Å². The van der Waals surface area contributed by atoms with E-state index in [9.17, 15) is 0 Å². The molecular formula is C12H12N4. The summed E-state index contributed by atoms with van der Waals surface area (Å²) in [4.78, 5) is 4.21. The monoisotopic (exact) mass is 212 g/mol. The summed E-state index contributed by atoms with van der Waals surface area (Å²) in [5.74, 6) is 0. The second kappa shape index (κ2) is 4.02. The molecule has 2 aromatic rings. The molecule has 80 valence electrons. The van der Waals surface area contributed by atoms with Crippen LogP contribution in [0.15, 0.2) is 36.7 Å². The SMILES string of the molecule is N=C/C(=C\N)c1ccc2nccc(N)c2c1. The number of hydrogen-bond donors (Lipinski definition) is 3. The van der Waals surface area contributed by atoms with Gasteiger partial charge in [0.25, 0.3) is 0 Å². The van der Waals surface area contributed by atoms with E-state index in [1.807, 2.05) is 18.2 Å². The number of nitrogens with zero attached hydrogens (tertiary/aromatic N) is 1. The van der Waals surface area contributed by atoms with Crippen LogP contribution in [-0.2, 0) is 0 Å². The van der Waals surface area contributed by atoms with Crippen LogP contribution in [0, 0.1) is 5.41 Å². The van der Waals surface area contributed by atoms with E-state index >= 15 is 0 Å². The molecule has 0 aliphatic heterocycles. The van der Waals surface area contributed by atoms with E-state index in [2.05, 4.69) is 4.98 Å². The Bertz CT molecular complexity index is 572. The Balaban J connectivity index is 2.68. The van der Waals surface area contributed by atoms with Crippen molar-refractivity contribution in [3.63, 3.8) is 0 Å². The molecule has 0 bridgehead atoms. The lowest BCUT2D eigenvalue weighted by atomic mass is 10.0. The molecule has 4 nitrogen and oxygen atoms in total. The molecule has 1 aromatic carbocycles. The van der Waals surface area contributed by atoms with E-state index in [1.54, 1.807) is 12.3 Å². The molecule has 0 unspecified atom stereocenters. The fourth-order valence-electron chi connectivity index (χ4n) is 1.57. The third kappa shape index (κ3) is 1.61. The van der Waals surface area contributed by atoms with E-state index in [-0.39, 0.29) is 0 Å². The Morgan fingerprint density at radius 2 is 2.12 bits per heavy atom. The molecule has 1 aromatic heterocycles. The van der Waals surface area contributed by atoms with Crippen molar-refractivity contribution >= 4 is 28.4 Å². The highest BCUT2D eigenvalue weighted by atomic mass is 14.7. The molecule has 0 aliphatic carbocycles. The highest BCUT2D eigenvalue weighted by molar-refractivity contribution is 6.09. The second-order valence-corrected chi connectivity index (χ2v) is 3.40. The number of fused-ring (bicyclic) bond motifs is 1. The molecular weight excluding hydrogens is 200 g/mol. The average molecular weight is 212 g/mol. The zero-order chi connectivity index (χ0) is 11.5. The van der Waals surface area contributed by atoms with Crippen molar-refractivity contribution in [3.8, 4) is 0 Å². The highest BCUT2D eigenvalue weighted by Crippen LogP contribution is 2.22. The predicted molar refractivity (Wildman–Crippen MR) is 67.1 cm³/mol. The van der Waals surface area contributed by atoms with E-state index in [0.29, 0.717) is 11.3 Å². The number of anilines is 1. The molecule has 0 fully saturated rings. The molecule has 0 aliphatic rings. The van der Waals surface area contributed by atoms with Crippen molar-refractivity contribution in [1.29, 1.82) is 5.41 Å². The number of pyridine rings is 1. The van der Waals surface area contributed by atoms with Crippen molar-refractivity contribution in [3.05, 3.63) is 42.2 Å². The van der Waals surface area contributed by atoms with Gasteiger partial charge in [0.2, 0.25) is 0 Å². The van der Waals surface area contributed by atoms with Crippen LogP contribution in [0.5, 0.6) is 0 Å². The van der Waals surface area contributed by atoms with Gasteiger partial charge in [-0.1, -0.05) is 6.07 Å². The molecule has 0 amide bonds. The van der Waals surface area contributed by atoms with Crippen LogP contribution in [0.3, 0.4) is 0 Å². The third-order valence-corrected chi connectivity index (χ3v) is 2.44. The predicted octanol–water partition coefficient (Wildman–Crippen LogP) is 1.77. The Hall–Kier alpha value is -2.36. The number of hydrogen-bond acceptors (Lipinski definition) is 4. The molecule has 0 saturated heterocycles. The molecule has 5 N–H and O–H groups in total. The molecule has 0 saturated carbocycles. The number of nitrogen functional groups attached to an aromatic ring is 1. The molecule has 2 rings (SSSR count). The molecule has 0 atom stereocenters. The number of nitrogens with two attached hydrogens (primary N) is 2. The average Bonchev–Trinajstić information content (AvgIpc) is 2.32. The fraction of sp³-hybridized carbons (Fsp3) is 0. The minimum Gasteiger partial charge on any atom is -0.404 e. The number of allylic oxidation sites excluding steroid dienone is 1. The first-order valence-corrected chi connectivity index (χ1v) is 4.83. The van der Waals surface area contributed by atoms with Gasteiger partial charge in [-0.2, -0.15) is 0 Å². The maximum Gasteiger partial charge on any atom is 0.0723 e. The van der Waals surface area contributed by atoms with Gasteiger partial charge in [-0.3, -0.25) is 4.98 Å². The van der Waals surface area contributed by atoms with Crippen LogP contribution in [0.2, 0.25) is 0 Å². The van der Waals surface area contributed by atoms with Gasteiger partial charge in [0.1, 0.15) is 0 Å². The first-order chi connectivity index (χ1) is 7.76. The number of aromatic nitrogens is 1. The Labute approximate surface area is 93.1 Å². The zero-order valence-electron chi connectivity index (χ0n) is 8.64. The number of benzene rings is 1. The minimum atomic E-state index is 0.658. The zero-order valence-corrected chi connectivity index (χ0v) is 8.64. The van der Waals surface area contributed by atoms with E-state index < -0.39 is 0 Å². The van der Waals surface area contributed by atoms with Crippen LogP contribution in [0.4, 0.5) is 5.69 Å². The lowest BCUT2D eigenvalue weighted by molar-refractivity contribution is 1.41. The molecule has 1 heterocycles. The largest absolute Gasteiger partial charge is 0.404 e. The van der Waals surface area contributed by atoms with Gasteiger partial charge in [-0.15, -0.1) is 0 Å². The summed E-state index contributed by atoms with van der Waals surface area (Å²) in [5.41, 5.74) is 14.3. The van der Waals surface area contributed by atoms with E-state index in [4.69, 9.17) is 16.9 Å². The van der Waals surface area contributed by atoms with Crippen molar-refractivity contribution in [2.24, 2.45) is 5.73 Å². The molecule has 4 heteroatoms. The third-order valence-electron chi connectivity index (χ3n) is 2.44. The highest BCUT2D eigenvalue weighted by Gasteiger charge is 2.02. The van der Waals surface area contributed by atoms with Crippen LogP contribution in [0.25, 0.3) is 16.5 Å². The van der Waals surface area contributed by atoms with Crippen molar-refractivity contribution in [2.45, 2.75) is 0 Å². The van der Waals surface area contributed by atoms with Crippen LogP contribution >= 0.6 is 0 Å². The van der Waals surface area contributed by atoms with Gasteiger partial charge in [0.15, 0.2) is 0 Å². The first-order valence-electron chi connectivity index (χ1n) is 4.83. The van der Waals surface area contributed by atoms with Crippen molar-refractivity contribution in [1.82, 2.24) is 4.98 Å². The minimum absolute atomic E-state index is 0.658. The second-order valence-electron chi connectivity index (χ2n) is 3.40. The Kier molecular flexibility index (Phi) is 2.55. The lowest BCUT2D eigenvalue weighted by Crippen LogP contribution is -1.93. The van der Waals surface area contributed by atoms with Gasteiger partial charge >= 0.3 is 0 Å². The quantitative estimate of drug-likeness (QED) is 0.663. The van der Waals surface area contributed by atoms with Crippen LogP contribution in [-0.4, -0.2) is 11.2 Å². The van der Waals surface area contributed by atoms with E-state index in [0.717, 1.165) is 16.5 Å². The number of rotatable bonds is 2. The van der Waals surface area contributed by atoms with Gasteiger partial charge in [-0.25, -0.2) is 0 Å². The van der Waals surface area contributed by atoms with Crippen molar-refractivity contribution in [2.75, 3.05) is 5.73 Å². The summed E-state index contributed by atoms with van der Waals surface area (Å²) in [6.45, 7) is 0. The summed E-state index contributed by atoms with van der Waals surface area (Å²) in [5, 5.41) is 8.12. The van der Waals surface area contributed by atoms with Crippen LogP contribution < -0.4 is 11.5 Å². The van der Waals surface area contributed by atoms with Gasteiger partial charge in [0.05, 0.1) is 5.52 Å². The maximum atomic E-state index is 7.24. The Morgan fingerprint density at radius 3 is 2.81 bits per heavy atom. The maximum absolute atomic E-state index is 7.24. The summed E-state index contributed by atoms with van der Waals surface area (Å²) >= 11 is 0.